The lowest BCUT2D eigenvalue weighted by Gasteiger charge is -2.22. The molecule has 0 heteroatoms. The summed E-state index contributed by atoms with van der Waals surface area (Å²) in [7, 11) is 0. The largest absolute Gasteiger partial charge is 0.0672 e. The Morgan fingerprint density at radius 3 is 2.19 bits per heavy atom. The van der Waals surface area contributed by atoms with Crippen LogP contribution in [-0.2, 0) is 0 Å². The fourth-order valence-electron chi connectivity index (χ4n) is 2.27. The van der Waals surface area contributed by atoms with Gasteiger partial charge in [-0.3, -0.25) is 0 Å². The fraction of sp³-hybridized carbons (Fsp3) is 0.375. The smallest absolute Gasteiger partial charge is 0.0188 e. The van der Waals surface area contributed by atoms with Crippen molar-refractivity contribution < 1.29 is 0 Å². The lowest BCUT2D eigenvalue weighted by Crippen LogP contribution is -2.05. The molecule has 0 radical (unpaired) electrons. The van der Waals surface area contributed by atoms with Crippen molar-refractivity contribution in [2.24, 2.45) is 5.92 Å². The highest BCUT2D eigenvalue weighted by Crippen LogP contribution is 2.34. The van der Waals surface area contributed by atoms with E-state index in [0.29, 0.717) is 5.92 Å². The zero-order valence-corrected chi connectivity index (χ0v) is 10.7. The van der Waals surface area contributed by atoms with Crippen LogP contribution in [0.15, 0.2) is 41.5 Å². The van der Waals surface area contributed by atoms with E-state index in [9.17, 15) is 0 Å². The topological polar surface area (TPSA) is 0 Å². The third-order valence-corrected chi connectivity index (χ3v) is 3.70. The summed E-state index contributed by atoms with van der Waals surface area (Å²) in [6, 6.07) is 8.87. The molecule has 0 aromatic heterocycles. The van der Waals surface area contributed by atoms with Gasteiger partial charge < -0.3 is 0 Å². The van der Waals surface area contributed by atoms with Crippen LogP contribution in [0.2, 0.25) is 0 Å². The highest BCUT2D eigenvalue weighted by Gasteiger charge is 2.15. The first-order valence-corrected chi connectivity index (χ1v) is 6.03. The minimum Gasteiger partial charge on any atom is -0.0672 e. The third-order valence-electron chi connectivity index (χ3n) is 3.70. The van der Waals surface area contributed by atoms with E-state index in [1.54, 1.807) is 0 Å². The van der Waals surface area contributed by atoms with Crippen molar-refractivity contribution in [3.8, 4) is 0 Å². The number of hydrogen-bond donors (Lipinski definition) is 0. The molecule has 0 amide bonds. The van der Waals surface area contributed by atoms with Crippen LogP contribution in [0.25, 0.3) is 5.57 Å². The van der Waals surface area contributed by atoms with Crippen LogP contribution in [0.3, 0.4) is 0 Å². The fourth-order valence-corrected chi connectivity index (χ4v) is 2.27. The maximum Gasteiger partial charge on any atom is -0.0188 e. The van der Waals surface area contributed by atoms with Crippen LogP contribution in [0.4, 0.5) is 0 Å². The first-order valence-electron chi connectivity index (χ1n) is 6.03. The van der Waals surface area contributed by atoms with E-state index in [4.69, 9.17) is 0 Å². The molecule has 84 valence electrons. The van der Waals surface area contributed by atoms with E-state index in [0.717, 1.165) is 0 Å². The van der Waals surface area contributed by atoms with Crippen molar-refractivity contribution in [3.63, 3.8) is 0 Å². The Kier molecular flexibility index (Phi) is 3.00. The average molecular weight is 212 g/mol. The quantitative estimate of drug-likeness (QED) is 0.630. The third kappa shape index (κ3) is 2.11. The van der Waals surface area contributed by atoms with Crippen molar-refractivity contribution in [1.29, 1.82) is 0 Å². The minimum atomic E-state index is 0.682. The van der Waals surface area contributed by atoms with Crippen LogP contribution < -0.4 is 0 Å². The van der Waals surface area contributed by atoms with Gasteiger partial charge in [0, 0.05) is 0 Å². The van der Waals surface area contributed by atoms with Crippen molar-refractivity contribution >= 4 is 5.57 Å². The minimum absolute atomic E-state index is 0.682. The SMILES string of the molecule is CC1=C(C)C(C)CC(c2ccc(C)cc2)=C1. The Balaban J connectivity index is 2.36. The van der Waals surface area contributed by atoms with Crippen LogP contribution in [0.5, 0.6) is 0 Å². The Labute approximate surface area is 98.7 Å². The number of allylic oxidation sites excluding steroid dienone is 4. The highest BCUT2D eigenvalue weighted by atomic mass is 14.2. The Hall–Kier alpha value is -1.30. The number of aryl methyl sites for hydroxylation is 1. The summed E-state index contributed by atoms with van der Waals surface area (Å²) in [5.41, 5.74) is 7.17. The summed E-state index contributed by atoms with van der Waals surface area (Å²) in [5, 5.41) is 0. The number of hydrogen-bond acceptors (Lipinski definition) is 0. The van der Waals surface area contributed by atoms with Gasteiger partial charge in [-0.15, -0.1) is 0 Å². The molecule has 2 rings (SSSR count). The molecule has 0 nitrogen and oxygen atoms in total. The molecule has 0 bridgehead atoms. The summed E-state index contributed by atoms with van der Waals surface area (Å²) >= 11 is 0. The predicted molar refractivity (Wildman–Crippen MR) is 71.3 cm³/mol. The molecule has 1 aliphatic rings. The van der Waals surface area contributed by atoms with Gasteiger partial charge in [-0.1, -0.05) is 54.0 Å². The van der Waals surface area contributed by atoms with Crippen molar-refractivity contribution in [2.75, 3.05) is 0 Å². The Morgan fingerprint density at radius 1 is 1.00 bits per heavy atom. The maximum atomic E-state index is 2.35. The predicted octanol–water partition coefficient (Wildman–Crippen LogP) is 4.75. The van der Waals surface area contributed by atoms with E-state index < -0.39 is 0 Å². The molecular weight excluding hydrogens is 192 g/mol. The summed E-state index contributed by atoms with van der Waals surface area (Å²) in [5.74, 6) is 0.682. The molecule has 0 spiro atoms. The summed E-state index contributed by atoms with van der Waals surface area (Å²) < 4.78 is 0. The Morgan fingerprint density at radius 2 is 1.62 bits per heavy atom. The molecule has 0 aliphatic heterocycles. The van der Waals surface area contributed by atoms with E-state index in [1.165, 1.54) is 34.3 Å². The maximum absolute atomic E-state index is 2.35. The van der Waals surface area contributed by atoms with Crippen LogP contribution in [0, 0.1) is 12.8 Å². The van der Waals surface area contributed by atoms with E-state index >= 15 is 0 Å². The lowest BCUT2D eigenvalue weighted by molar-refractivity contribution is 0.688. The lowest BCUT2D eigenvalue weighted by atomic mass is 9.83. The molecule has 0 heterocycles. The van der Waals surface area contributed by atoms with Crippen LogP contribution in [0.1, 0.15) is 38.3 Å². The van der Waals surface area contributed by atoms with Gasteiger partial charge in [0.1, 0.15) is 0 Å². The molecular formula is C16H20. The molecule has 0 N–H and O–H groups in total. The van der Waals surface area contributed by atoms with Gasteiger partial charge in [0.15, 0.2) is 0 Å². The van der Waals surface area contributed by atoms with E-state index in [2.05, 4.69) is 58.0 Å². The number of rotatable bonds is 1. The highest BCUT2D eigenvalue weighted by molar-refractivity contribution is 5.70. The molecule has 0 saturated heterocycles. The van der Waals surface area contributed by atoms with E-state index in [1.807, 2.05) is 0 Å². The van der Waals surface area contributed by atoms with Gasteiger partial charge in [-0.2, -0.15) is 0 Å². The van der Waals surface area contributed by atoms with Crippen molar-refractivity contribution in [3.05, 3.63) is 52.6 Å². The van der Waals surface area contributed by atoms with Gasteiger partial charge in [0.05, 0.1) is 0 Å². The number of benzene rings is 1. The molecule has 1 aliphatic carbocycles. The van der Waals surface area contributed by atoms with Gasteiger partial charge >= 0.3 is 0 Å². The summed E-state index contributed by atoms with van der Waals surface area (Å²) in [4.78, 5) is 0. The molecule has 1 aromatic rings. The summed E-state index contributed by atoms with van der Waals surface area (Å²) in [6.07, 6.45) is 3.52. The molecule has 1 unspecified atom stereocenters. The van der Waals surface area contributed by atoms with Crippen LogP contribution >= 0.6 is 0 Å². The van der Waals surface area contributed by atoms with Gasteiger partial charge in [0.25, 0.3) is 0 Å². The first kappa shape index (κ1) is 11.2. The summed E-state index contributed by atoms with van der Waals surface area (Å²) in [6.45, 7) is 8.93. The van der Waals surface area contributed by atoms with Crippen LogP contribution in [-0.4, -0.2) is 0 Å². The second-order valence-corrected chi connectivity index (χ2v) is 5.01. The molecule has 1 atom stereocenters. The van der Waals surface area contributed by atoms with Gasteiger partial charge in [0.2, 0.25) is 0 Å². The second kappa shape index (κ2) is 4.29. The van der Waals surface area contributed by atoms with Gasteiger partial charge in [-0.05, 0) is 44.2 Å². The van der Waals surface area contributed by atoms with Crippen molar-refractivity contribution in [2.45, 2.75) is 34.1 Å². The standard InChI is InChI=1S/C16H20/c1-11-5-7-15(8-6-11)16-9-12(2)14(4)13(3)10-16/h5-9,13H,10H2,1-4H3. The molecule has 16 heavy (non-hydrogen) atoms. The average Bonchev–Trinajstić information content (AvgIpc) is 2.26. The normalized spacial score (nSPS) is 21.0. The molecule has 1 aromatic carbocycles. The van der Waals surface area contributed by atoms with E-state index in [-0.39, 0.29) is 0 Å². The second-order valence-electron chi connectivity index (χ2n) is 5.01. The first-order chi connectivity index (χ1) is 7.58. The zero-order valence-electron chi connectivity index (χ0n) is 10.7. The monoisotopic (exact) mass is 212 g/mol. The van der Waals surface area contributed by atoms with Crippen molar-refractivity contribution in [1.82, 2.24) is 0 Å². The molecule has 0 fully saturated rings. The zero-order chi connectivity index (χ0) is 11.7. The molecule has 0 saturated carbocycles. The Bertz CT molecular complexity index is 443. The van der Waals surface area contributed by atoms with Gasteiger partial charge in [-0.25, -0.2) is 0 Å².